The molecule has 18 heavy (non-hydrogen) atoms. The smallest absolute Gasteiger partial charge is 0.313 e. The molecule has 0 saturated carbocycles. The van der Waals surface area contributed by atoms with E-state index in [0.717, 1.165) is 5.69 Å². The SMILES string of the molecule is CCOC(=O)CC(=O)CN(C)c1ccc(C)cc1. The highest BCUT2D eigenvalue weighted by molar-refractivity contribution is 5.97. The number of aryl methyl sites for hydroxylation is 1. The molecule has 0 radical (unpaired) electrons. The zero-order chi connectivity index (χ0) is 13.5. The Hall–Kier alpha value is -1.84. The number of carbonyl (C=O) groups excluding carboxylic acids is 2. The molecular weight excluding hydrogens is 230 g/mol. The number of nitrogens with zero attached hydrogens (tertiary/aromatic N) is 1. The highest BCUT2D eigenvalue weighted by atomic mass is 16.5. The number of ether oxygens (including phenoxy) is 1. The number of carbonyl (C=O) groups is 2. The van der Waals surface area contributed by atoms with Crippen LogP contribution < -0.4 is 4.90 Å². The molecule has 0 unspecified atom stereocenters. The fraction of sp³-hybridized carbons (Fsp3) is 0.429. The van der Waals surface area contributed by atoms with E-state index in [4.69, 9.17) is 4.74 Å². The number of likely N-dealkylation sites (N-methyl/N-ethyl adjacent to an activating group) is 1. The van der Waals surface area contributed by atoms with E-state index in [1.54, 1.807) is 6.92 Å². The number of ketones is 1. The minimum Gasteiger partial charge on any atom is -0.466 e. The predicted molar refractivity (Wildman–Crippen MR) is 70.7 cm³/mol. The Balaban J connectivity index is 2.49. The Morgan fingerprint density at radius 3 is 2.39 bits per heavy atom. The minimum atomic E-state index is -0.459. The first-order chi connectivity index (χ1) is 8.52. The van der Waals surface area contributed by atoms with Crippen molar-refractivity contribution in [2.45, 2.75) is 20.3 Å². The third-order valence-electron chi connectivity index (χ3n) is 2.54. The van der Waals surface area contributed by atoms with Crippen molar-refractivity contribution >= 4 is 17.4 Å². The molecule has 0 atom stereocenters. The van der Waals surface area contributed by atoms with Crippen LogP contribution in [0.3, 0.4) is 0 Å². The maximum atomic E-state index is 11.6. The van der Waals surface area contributed by atoms with Gasteiger partial charge in [0.05, 0.1) is 13.2 Å². The third-order valence-corrected chi connectivity index (χ3v) is 2.54. The molecule has 0 aliphatic carbocycles. The Morgan fingerprint density at radius 2 is 1.83 bits per heavy atom. The summed E-state index contributed by atoms with van der Waals surface area (Å²) >= 11 is 0. The molecule has 0 N–H and O–H groups in total. The van der Waals surface area contributed by atoms with E-state index in [1.807, 2.05) is 43.1 Å². The molecule has 0 bridgehead atoms. The molecule has 0 aliphatic rings. The van der Waals surface area contributed by atoms with Crippen LogP contribution in [-0.4, -0.2) is 32.0 Å². The average Bonchev–Trinajstić information content (AvgIpc) is 2.29. The molecule has 0 saturated heterocycles. The summed E-state index contributed by atoms with van der Waals surface area (Å²) in [5, 5.41) is 0. The molecular formula is C14H19NO3. The van der Waals surface area contributed by atoms with Gasteiger partial charge in [0.25, 0.3) is 0 Å². The zero-order valence-corrected chi connectivity index (χ0v) is 11.1. The normalized spacial score (nSPS) is 9.94. The lowest BCUT2D eigenvalue weighted by Gasteiger charge is -2.18. The summed E-state index contributed by atoms with van der Waals surface area (Å²) in [6, 6.07) is 7.88. The highest BCUT2D eigenvalue weighted by Gasteiger charge is 2.12. The number of esters is 1. The first kappa shape index (κ1) is 14.2. The van der Waals surface area contributed by atoms with Gasteiger partial charge in [-0.05, 0) is 26.0 Å². The van der Waals surface area contributed by atoms with E-state index in [1.165, 1.54) is 5.56 Å². The van der Waals surface area contributed by atoms with Crippen molar-refractivity contribution in [3.05, 3.63) is 29.8 Å². The molecule has 4 nitrogen and oxygen atoms in total. The number of benzene rings is 1. The molecule has 0 fully saturated rings. The van der Waals surface area contributed by atoms with E-state index >= 15 is 0 Å². The maximum absolute atomic E-state index is 11.6. The summed E-state index contributed by atoms with van der Waals surface area (Å²) in [5.41, 5.74) is 2.13. The lowest BCUT2D eigenvalue weighted by molar-refractivity contribution is -0.145. The van der Waals surface area contributed by atoms with Crippen LogP contribution >= 0.6 is 0 Å². The number of hydrogen-bond acceptors (Lipinski definition) is 4. The molecule has 0 aromatic heterocycles. The van der Waals surface area contributed by atoms with Crippen molar-refractivity contribution in [2.75, 3.05) is 25.1 Å². The summed E-state index contributed by atoms with van der Waals surface area (Å²) in [6.07, 6.45) is -0.163. The van der Waals surface area contributed by atoms with E-state index in [2.05, 4.69) is 0 Å². The fourth-order valence-corrected chi connectivity index (χ4v) is 1.58. The monoisotopic (exact) mass is 249 g/mol. The summed E-state index contributed by atoms with van der Waals surface area (Å²) < 4.78 is 4.74. The Labute approximate surface area is 108 Å². The predicted octanol–water partition coefficient (Wildman–Crippen LogP) is 1.95. The number of hydrogen-bond donors (Lipinski definition) is 0. The molecule has 0 spiro atoms. The van der Waals surface area contributed by atoms with Crippen LogP contribution in [0.15, 0.2) is 24.3 Å². The molecule has 1 rings (SSSR count). The second-order valence-electron chi connectivity index (χ2n) is 4.21. The lowest BCUT2D eigenvalue weighted by Crippen LogP contribution is -2.27. The standard InChI is InChI=1S/C14H19NO3/c1-4-18-14(17)9-13(16)10-15(3)12-7-5-11(2)6-8-12/h5-8H,4,9-10H2,1-3H3. The zero-order valence-electron chi connectivity index (χ0n) is 11.1. The van der Waals surface area contributed by atoms with Crippen LogP contribution in [0, 0.1) is 6.92 Å². The van der Waals surface area contributed by atoms with Gasteiger partial charge in [0.2, 0.25) is 0 Å². The van der Waals surface area contributed by atoms with Crippen molar-refractivity contribution in [1.82, 2.24) is 0 Å². The van der Waals surface area contributed by atoms with E-state index in [-0.39, 0.29) is 18.7 Å². The Bertz CT molecular complexity index is 412. The van der Waals surface area contributed by atoms with Gasteiger partial charge in [-0.1, -0.05) is 17.7 Å². The first-order valence-corrected chi connectivity index (χ1v) is 5.98. The quantitative estimate of drug-likeness (QED) is 0.571. The molecule has 98 valence electrons. The van der Waals surface area contributed by atoms with Crippen LogP contribution in [-0.2, 0) is 14.3 Å². The van der Waals surface area contributed by atoms with Crippen molar-refractivity contribution in [1.29, 1.82) is 0 Å². The fourth-order valence-electron chi connectivity index (χ4n) is 1.58. The molecule has 1 aromatic rings. The summed E-state index contributed by atoms with van der Waals surface area (Å²) in [5.74, 6) is -0.601. The van der Waals surface area contributed by atoms with Crippen molar-refractivity contribution in [3.8, 4) is 0 Å². The summed E-state index contributed by atoms with van der Waals surface area (Å²) in [7, 11) is 1.83. The average molecular weight is 249 g/mol. The molecule has 1 aromatic carbocycles. The van der Waals surface area contributed by atoms with Gasteiger partial charge in [0, 0.05) is 12.7 Å². The van der Waals surface area contributed by atoms with Crippen molar-refractivity contribution < 1.29 is 14.3 Å². The summed E-state index contributed by atoms with van der Waals surface area (Å²) in [6.45, 7) is 4.25. The van der Waals surface area contributed by atoms with E-state index in [0.29, 0.717) is 6.61 Å². The van der Waals surface area contributed by atoms with Gasteiger partial charge >= 0.3 is 5.97 Å². The van der Waals surface area contributed by atoms with Crippen LogP contribution in [0.5, 0.6) is 0 Å². The maximum Gasteiger partial charge on any atom is 0.313 e. The minimum absolute atomic E-state index is 0.142. The second-order valence-corrected chi connectivity index (χ2v) is 4.21. The van der Waals surface area contributed by atoms with Gasteiger partial charge in [-0.2, -0.15) is 0 Å². The van der Waals surface area contributed by atoms with Gasteiger partial charge in [0.15, 0.2) is 5.78 Å². The number of rotatable bonds is 6. The van der Waals surface area contributed by atoms with E-state index in [9.17, 15) is 9.59 Å². The number of anilines is 1. The molecule has 0 amide bonds. The topological polar surface area (TPSA) is 46.6 Å². The molecule has 0 aliphatic heterocycles. The summed E-state index contributed by atoms with van der Waals surface area (Å²) in [4.78, 5) is 24.6. The van der Waals surface area contributed by atoms with Crippen LogP contribution in [0.25, 0.3) is 0 Å². The molecule has 0 heterocycles. The van der Waals surface area contributed by atoms with Crippen LogP contribution in [0.1, 0.15) is 18.9 Å². The van der Waals surface area contributed by atoms with E-state index < -0.39 is 5.97 Å². The number of Topliss-reactive ketones (excluding diaryl/α,β-unsaturated/α-hetero) is 1. The van der Waals surface area contributed by atoms with Gasteiger partial charge in [-0.25, -0.2) is 0 Å². The molecule has 4 heteroatoms. The van der Waals surface area contributed by atoms with Gasteiger partial charge in [-0.3, -0.25) is 9.59 Å². The van der Waals surface area contributed by atoms with Crippen LogP contribution in [0.4, 0.5) is 5.69 Å². The first-order valence-electron chi connectivity index (χ1n) is 5.98. The van der Waals surface area contributed by atoms with Gasteiger partial charge in [0.1, 0.15) is 6.42 Å². The largest absolute Gasteiger partial charge is 0.466 e. The highest BCUT2D eigenvalue weighted by Crippen LogP contribution is 2.13. The van der Waals surface area contributed by atoms with Crippen molar-refractivity contribution in [3.63, 3.8) is 0 Å². The Kier molecular flexibility index (Phi) is 5.36. The van der Waals surface area contributed by atoms with Gasteiger partial charge < -0.3 is 9.64 Å². The Morgan fingerprint density at radius 1 is 1.22 bits per heavy atom. The third kappa shape index (κ3) is 4.57. The second kappa shape index (κ2) is 6.79. The van der Waals surface area contributed by atoms with Crippen molar-refractivity contribution in [2.24, 2.45) is 0 Å². The van der Waals surface area contributed by atoms with Gasteiger partial charge in [-0.15, -0.1) is 0 Å². The van der Waals surface area contributed by atoms with Crippen LogP contribution in [0.2, 0.25) is 0 Å². The lowest BCUT2D eigenvalue weighted by atomic mass is 10.2.